The summed E-state index contributed by atoms with van der Waals surface area (Å²) in [6.45, 7) is 0.265. The minimum Gasteiger partial charge on any atom is -0.379 e. The van der Waals surface area contributed by atoms with Crippen LogP contribution in [0.3, 0.4) is 0 Å². The number of H-pyrrole nitrogens is 1. The minimum absolute atomic E-state index is 0.265. The molecule has 1 amide bonds. The van der Waals surface area contributed by atoms with Crippen molar-refractivity contribution in [3.63, 3.8) is 0 Å². The lowest BCUT2D eigenvalue weighted by Gasteiger charge is -2.21. The monoisotopic (exact) mass is 330 g/mol. The molecule has 6 nitrogen and oxygen atoms in total. The zero-order valence-electron chi connectivity index (χ0n) is 12.6. The fourth-order valence-corrected chi connectivity index (χ4v) is 3.55. The van der Waals surface area contributed by atoms with Crippen LogP contribution in [-0.4, -0.2) is 31.4 Å². The number of hydrogen-bond acceptors (Lipinski definition) is 4. The molecule has 2 aliphatic rings. The van der Waals surface area contributed by atoms with E-state index in [9.17, 15) is 9.90 Å². The highest BCUT2D eigenvalue weighted by molar-refractivity contribution is 7.71. The van der Waals surface area contributed by atoms with Gasteiger partial charge < -0.3 is 10.4 Å². The normalized spacial score (nSPS) is 18.7. The SMILES string of the molecule is O=C(NCc1n[nH]c(=S)n1C1CC1)C1(O)Cc2ccccc2C1. The van der Waals surface area contributed by atoms with Gasteiger partial charge in [-0.2, -0.15) is 5.10 Å². The van der Waals surface area contributed by atoms with Crippen molar-refractivity contribution in [1.29, 1.82) is 0 Å². The maximum Gasteiger partial charge on any atom is 0.253 e. The van der Waals surface area contributed by atoms with Crippen molar-refractivity contribution in [3.05, 3.63) is 46.0 Å². The predicted molar refractivity (Wildman–Crippen MR) is 86.3 cm³/mol. The van der Waals surface area contributed by atoms with Crippen LogP contribution in [0.4, 0.5) is 0 Å². The molecule has 1 fully saturated rings. The van der Waals surface area contributed by atoms with E-state index in [4.69, 9.17) is 12.2 Å². The van der Waals surface area contributed by atoms with E-state index in [2.05, 4.69) is 15.5 Å². The van der Waals surface area contributed by atoms with Crippen LogP contribution in [0.2, 0.25) is 0 Å². The van der Waals surface area contributed by atoms with Crippen molar-refractivity contribution in [2.24, 2.45) is 0 Å². The number of fused-ring (bicyclic) bond motifs is 1. The molecule has 0 saturated heterocycles. The van der Waals surface area contributed by atoms with Crippen molar-refractivity contribution in [1.82, 2.24) is 20.1 Å². The van der Waals surface area contributed by atoms with Crippen molar-refractivity contribution >= 4 is 18.1 Å². The molecule has 2 aliphatic carbocycles. The number of aromatic amines is 1. The van der Waals surface area contributed by atoms with Gasteiger partial charge in [0.2, 0.25) is 0 Å². The van der Waals surface area contributed by atoms with E-state index in [1.54, 1.807) is 0 Å². The molecule has 3 N–H and O–H groups in total. The van der Waals surface area contributed by atoms with E-state index in [1.807, 2.05) is 28.8 Å². The molecular weight excluding hydrogens is 312 g/mol. The summed E-state index contributed by atoms with van der Waals surface area (Å²) in [5, 5.41) is 20.5. The van der Waals surface area contributed by atoms with Crippen molar-refractivity contribution in [3.8, 4) is 0 Å². The molecule has 23 heavy (non-hydrogen) atoms. The highest BCUT2D eigenvalue weighted by atomic mass is 32.1. The zero-order chi connectivity index (χ0) is 16.0. The molecule has 4 rings (SSSR count). The molecule has 0 bridgehead atoms. The van der Waals surface area contributed by atoms with Crippen LogP contribution < -0.4 is 5.32 Å². The summed E-state index contributed by atoms with van der Waals surface area (Å²) in [5.74, 6) is 0.356. The molecular formula is C16H18N4O2S. The Morgan fingerprint density at radius 1 is 1.39 bits per heavy atom. The van der Waals surface area contributed by atoms with Crippen LogP contribution in [-0.2, 0) is 24.2 Å². The molecule has 0 aliphatic heterocycles. The van der Waals surface area contributed by atoms with Crippen LogP contribution in [0.25, 0.3) is 0 Å². The van der Waals surface area contributed by atoms with Crippen LogP contribution in [0.15, 0.2) is 24.3 Å². The number of nitrogens with zero attached hydrogens (tertiary/aromatic N) is 2. The highest BCUT2D eigenvalue weighted by Crippen LogP contribution is 2.35. The Hall–Kier alpha value is -1.99. The quantitative estimate of drug-likeness (QED) is 0.741. The Bertz CT molecular complexity index is 796. The second-order valence-corrected chi connectivity index (χ2v) is 6.77. The maximum atomic E-state index is 12.5. The molecule has 1 aromatic carbocycles. The number of benzene rings is 1. The Morgan fingerprint density at radius 3 is 2.65 bits per heavy atom. The number of carbonyl (C=O) groups excluding carboxylic acids is 1. The fraction of sp³-hybridized carbons (Fsp3) is 0.438. The summed E-state index contributed by atoms with van der Waals surface area (Å²) < 4.78 is 2.55. The summed E-state index contributed by atoms with van der Waals surface area (Å²) in [6, 6.07) is 8.16. The first-order chi connectivity index (χ1) is 11.1. The van der Waals surface area contributed by atoms with Gasteiger partial charge in [-0.3, -0.25) is 14.5 Å². The Morgan fingerprint density at radius 2 is 2.04 bits per heavy atom. The molecule has 0 spiro atoms. The average molecular weight is 330 g/mol. The smallest absolute Gasteiger partial charge is 0.253 e. The highest BCUT2D eigenvalue weighted by Gasteiger charge is 2.41. The topological polar surface area (TPSA) is 82.9 Å². The standard InChI is InChI=1S/C16H18N4O2S/c21-14(16(22)7-10-3-1-2-4-11(10)8-16)17-9-13-18-19-15(23)20(13)12-5-6-12/h1-4,12,22H,5-9H2,(H,17,21)(H,19,23). The van der Waals surface area contributed by atoms with Crippen molar-refractivity contribution in [2.45, 2.75) is 43.9 Å². The second kappa shape index (κ2) is 5.28. The minimum atomic E-state index is -1.37. The molecule has 7 heteroatoms. The average Bonchev–Trinajstić information content (AvgIpc) is 3.20. The van der Waals surface area contributed by atoms with Gasteiger partial charge in [0, 0.05) is 18.9 Å². The molecule has 1 aromatic heterocycles. The van der Waals surface area contributed by atoms with Gasteiger partial charge >= 0.3 is 0 Å². The molecule has 2 aromatic rings. The lowest BCUT2D eigenvalue weighted by Crippen LogP contribution is -2.47. The van der Waals surface area contributed by atoms with Gasteiger partial charge in [-0.15, -0.1) is 0 Å². The third-order valence-corrected chi connectivity index (χ3v) is 4.89. The van der Waals surface area contributed by atoms with Crippen LogP contribution >= 0.6 is 12.2 Å². The van der Waals surface area contributed by atoms with Gasteiger partial charge in [0.1, 0.15) is 0 Å². The number of nitrogens with one attached hydrogen (secondary N) is 2. The van der Waals surface area contributed by atoms with Crippen molar-refractivity contribution < 1.29 is 9.90 Å². The maximum absolute atomic E-state index is 12.5. The molecule has 1 saturated carbocycles. The fourth-order valence-electron chi connectivity index (χ4n) is 3.25. The number of aliphatic hydroxyl groups is 1. The summed E-state index contributed by atoms with van der Waals surface area (Å²) in [4.78, 5) is 12.5. The number of rotatable bonds is 4. The lowest BCUT2D eigenvalue weighted by molar-refractivity contribution is -0.139. The molecule has 0 atom stereocenters. The van der Waals surface area contributed by atoms with Gasteiger partial charge in [0.15, 0.2) is 16.2 Å². The third-order valence-electron chi connectivity index (χ3n) is 4.60. The van der Waals surface area contributed by atoms with E-state index in [1.165, 1.54) is 0 Å². The second-order valence-electron chi connectivity index (χ2n) is 6.38. The van der Waals surface area contributed by atoms with Gasteiger partial charge in [0.05, 0.1) is 6.54 Å². The summed E-state index contributed by atoms with van der Waals surface area (Å²) >= 11 is 5.23. The number of hydrogen-bond donors (Lipinski definition) is 3. The number of amides is 1. The van der Waals surface area contributed by atoms with E-state index in [0.717, 1.165) is 24.0 Å². The third kappa shape index (κ3) is 2.60. The van der Waals surface area contributed by atoms with Crippen LogP contribution in [0, 0.1) is 4.77 Å². The lowest BCUT2D eigenvalue weighted by atomic mass is 9.99. The van der Waals surface area contributed by atoms with E-state index in [0.29, 0.717) is 29.5 Å². The number of carbonyl (C=O) groups is 1. The molecule has 120 valence electrons. The zero-order valence-corrected chi connectivity index (χ0v) is 13.4. The van der Waals surface area contributed by atoms with E-state index in [-0.39, 0.29) is 12.5 Å². The van der Waals surface area contributed by atoms with Crippen LogP contribution in [0.1, 0.15) is 35.8 Å². The Labute approximate surface area is 138 Å². The first-order valence-corrected chi connectivity index (χ1v) is 8.21. The Balaban J connectivity index is 1.46. The molecule has 0 radical (unpaired) electrons. The van der Waals surface area contributed by atoms with Gasteiger partial charge in [-0.25, -0.2) is 0 Å². The van der Waals surface area contributed by atoms with Crippen molar-refractivity contribution in [2.75, 3.05) is 0 Å². The largest absolute Gasteiger partial charge is 0.379 e. The predicted octanol–water partition coefficient (Wildman–Crippen LogP) is 1.42. The van der Waals surface area contributed by atoms with Gasteiger partial charge in [-0.05, 0) is 36.2 Å². The van der Waals surface area contributed by atoms with Gasteiger partial charge in [0.25, 0.3) is 5.91 Å². The van der Waals surface area contributed by atoms with Crippen LogP contribution in [0.5, 0.6) is 0 Å². The first-order valence-electron chi connectivity index (χ1n) is 7.80. The van der Waals surface area contributed by atoms with Gasteiger partial charge in [-0.1, -0.05) is 24.3 Å². The Kier molecular flexibility index (Phi) is 3.35. The molecule has 0 unspecified atom stereocenters. The molecule has 1 heterocycles. The number of aromatic nitrogens is 3. The summed E-state index contributed by atoms with van der Waals surface area (Å²) in [5.41, 5.74) is 0.693. The summed E-state index contributed by atoms with van der Waals surface area (Å²) in [7, 11) is 0. The first kappa shape index (κ1) is 14.6. The van der Waals surface area contributed by atoms with E-state index < -0.39 is 5.60 Å². The van der Waals surface area contributed by atoms with E-state index >= 15 is 0 Å². The summed E-state index contributed by atoms with van der Waals surface area (Å²) in [6.07, 6.45) is 2.89.